The van der Waals surface area contributed by atoms with E-state index in [4.69, 9.17) is 11.6 Å². The highest BCUT2D eigenvalue weighted by Gasteiger charge is 2.20. The minimum atomic E-state index is 0.0317. The van der Waals surface area contributed by atoms with Gasteiger partial charge in [-0.15, -0.1) is 0 Å². The Morgan fingerprint density at radius 3 is 2.56 bits per heavy atom. The van der Waals surface area contributed by atoms with E-state index in [1.54, 1.807) is 0 Å². The molecule has 1 heterocycles. The minimum absolute atomic E-state index is 0.0317. The summed E-state index contributed by atoms with van der Waals surface area (Å²) < 4.78 is 0. The molecular formula is C29H32ClN3O. The zero-order valence-electron chi connectivity index (χ0n) is 19.8. The van der Waals surface area contributed by atoms with Gasteiger partial charge in [-0.05, 0) is 84.8 Å². The highest BCUT2D eigenvalue weighted by molar-refractivity contribution is 6.31. The van der Waals surface area contributed by atoms with Gasteiger partial charge in [0, 0.05) is 49.0 Å². The maximum Gasteiger partial charge on any atom is 0.251 e. The molecule has 0 unspecified atom stereocenters. The number of carbonyl (C=O) groups is 1. The number of carbonyl (C=O) groups excluding carboxylic acids is 1. The molecule has 5 heteroatoms. The van der Waals surface area contributed by atoms with Crippen LogP contribution in [-0.2, 0) is 6.42 Å². The van der Waals surface area contributed by atoms with Crippen LogP contribution < -0.4 is 10.2 Å². The van der Waals surface area contributed by atoms with Crippen molar-refractivity contribution in [1.82, 2.24) is 10.2 Å². The number of hydrogen-bond donors (Lipinski definition) is 1. The van der Waals surface area contributed by atoms with Crippen molar-refractivity contribution in [2.75, 3.05) is 44.2 Å². The fourth-order valence-electron chi connectivity index (χ4n) is 5.20. The first-order valence-electron chi connectivity index (χ1n) is 12.3. The van der Waals surface area contributed by atoms with Crippen LogP contribution in [-0.4, -0.2) is 50.1 Å². The number of amides is 1. The van der Waals surface area contributed by atoms with E-state index in [2.05, 4.69) is 64.5 Å². The zero-order chi connectivity index (χ0) is 23.5. The van der Waals surface area contributed by atoms with E-state index in [1.807, 2.05) is 18.2 Å². The Morgan fingerprint density at radius 2 is 1.71 bits per heavy atom. The van der Waals surface area contributed by atoms with E-state index in [1.165, 1.54) is 33.5 Å². The van der Waals surface area contributed by atoms with Gasteiger partial charge < -0.3 is 10.2 Å². The number of nitrogens with one attached hydrogen (secondary N) is 1. The summed E-state index contributed by atoms with van der Waals surface area (Å²) in [5.74, 6) is 0.0317. The van der Waals surface area contributed by atoms with Crippen LogP contribution >= 0.6 is 11.6 Å². The first-order chi connectivity index (χ1) is 16.6. The lowest BCUT2D eigenvalue weighted by Crippen LogP contribution is -2.46. The predicted octanol–water partition coefficient (Wildman–Crippen LogP) is 5.55. The lowest BCUT2D eigenvalue weighted by molar-refractivity contribution is 0.0952. The van der Waals surface area contributed by atoms with E-state index < -0.39 is 0 Å². The molecule has 0 spiro atoms. The molecule has 0 saturated carbocycles. The molecule has 0 radical (unpaired) electrons. The monoisotopic (exact) mass is 473 g/mol. The minimum Gasteiger partial charge on any atom is -0.369 e. The van der Waals surface area contributed by atoms with Gasteiger partial charge in [-0.25, -0.2) is 0 Å². The molecule has 34 heavy (non-hydrogen) atoms. The van der Waals surface area contributed by atoms with Crippen molar-refractivity contribution in [2.24, 2.45) is 0 Å². The Morgan fingerprint density at radius 1 is 0.912 bits per heavy atom. The maximum atomic E-state index is 12.7. The standard InChI is InChI=1S/C29H32ClN3O/c1-21-27(30)9-6-10-28(21)33-17-15-32(16-18-33)14-5-4-13-31-29(34)23-11-12-26-24(20-23)19-22-7-2-3-8-25(22)26/h2-3,6-12,20H,4-5,13-19H2,1H3,(H,31,34). The summed E-state index contributed by atoms with van der Waals surface area (Å²) in [6, 6.07) is 20.8. The summed E-state index contributed by atoms with van der Waals surface area (Å²) in [7, 11) is 0. The Hall–Kier alpha value is -2.82. The average Bonchev–Trinajstić information content (AvgIpc) is 3.24. The Kier molecular flexibility index (Phi) is 6.89. The number of rotatable bonds is 7. The van der Waals surface area contributed by atoms with Crippen LogP contribution in [0.3, 0.4) is 0 Å². The summed E-state index contributed by atoms with van der Waals surface area (Å²) in [5.41, 5.74) is 8.34. The Balaban J connectivity index is 1.03. The molecule has 5 rings (SSSR count). The first-order valence-corrected chi connectivity index (χ1v) is 12.7. The zero-order valence-corrected chi connectivity index (χ0v) is 20.6. The molecule has 0 atom stereocenters. The van der Waals surface area contributed by atoms with Crippen LogP contribution in [0.4, 0.5) is 5.69 Å². The first kappa shape index (κ1) is 22.9. The Bertz CT molecular complexity index is 1180. The lowest BCUT2D eigenvalue weighted by atomic mass is 10.0. The molecule has 1 N–H and O–H groups in total. The van der Waals surface area contributed by atoms with Gasteiger partial charge in [-0.1, -0.05) is 48.0 Å². The molecule has 3 aromatic carbocycles. The van der Waals surface area contributed by atoms with Gasteiger partial charge in [0.2, 0.25) is 0 Å². The highest BCUT2D eigenvalue weighted by Crippen LogP contribution is 2.36. The molecule has 0 aromatic heterocycles. The number of benzene rings is 3. The number of unbranched alkanes of at least 4 members (excludes halogenated alkanes) is 1. The average molecular weight is 474 g/mol. The van der Waals surface area contributed by atoms with Gasteiger partial charge in [-0.2, -0.15) is 0 Å². The maximum absolute atomic E-state index is 12.7. The molecule has 1 saturated heterocycles. The molecule has 1 aliphatic carbocycles. The predicted molar refractivity (Wildman–Crippen MR) is 141 cm³/mol. The normalized spacial score (nSPS) is 15.2. The van der Waals surface area contributed by atoms with Crippen LogP contribution in [0.15, 0.2) is 60.7 Å². The summed E-state index contributed by atoms with van der Waals surface area (Å²) in [5, 5.41) is 3.95. The third-order valence-electron chi connectivity index (χ3n) is 7.19. The van der Waals surface area contributed by atoms with Crippen LogP contribution in [0, 0.1) is 6.92 Å². The number of fused-ring (bicyclic) bond motifs is 3. The van der Waals surface area contributed by atoms with Gasteiger partial charge in [0.05, 0.1) is 0 Å². The summed E-state index contributed by atoms with van der Waals surface area (Å²) in [6.07, 6.45) is 3.00. The quantitative estimate of drug-likeness (QED) is 0.357. The summed E-state index contributed by atoms with van der Waals surface area (Å²) in [4.78, 5) is 17.6. The molecule has 1 aliphatic heterocycles. The van der Waals surface area contributed by atoms with Crippen molar-refractivity contribution in [2.45, 2.75) is 26.2 Å². The molecule has 0 bridgehead atoms. The van der Waals surface area contributed by atoms with Crippen LogP contribution in [0.25, 0.3) is 11.1 Å². The smallest absolute Gasteiger partial charge is 0.251 e. The van der Waals surface area contributed by atoms with Crippen molar-refractivity contribution < 1.29 is 4.79 Å². The summed E-state index contributed by atoms with van der Waals surface area (Å²) in [6.45, 7) is 8.08. The number of anilines is 1. The molecule has 2 aliphatic rings. The van der Waals surface area contributed by atoms with E-state index in [-0.39, 0.29) is 5.91 Å². The second kappa shape index (κ2) is 10.2. The van der Waals surface area contributed by atoms with Crippen molar-refractivity contribution in [3.63, 3.8) is 0 Å². The van der Waals surface area contributed by atoms with Gasteiger partial charge in [-0.3, -0.25) is 9.69 Å². The molecular weight excluding hydrogens is 442 g/mol. The third-order valence-corrected chi connectivity index (χ3v) is 7.60. The molecule has 3 aromatic rings. The third kappa shape index (κ3) is 4.84. The van der Waals surface area contributed by atoms with Crippen molar-refractivity contribution in [1.29, 1.82) is 0 Å². The molecule has 1 amide bonds. The van der Waals surface area contributed by atoms with Crippen molar-refractivity contribution in [3.05, 3.63) is 87.9 Å². The number of piperazine rings is 1. The van der Waals surface area contributed by atoms with Crippen LogP contribution in [0.5, 0.6) is 0 Å². The van der Waals surface area contributed by atoms with E-state index in [0.717, 1.165) is 69.1 Å². The van der Waals surface area contributed by atoms with E-state index >= 15 is 0 Å². The van der Waals surface area contributed by atoms with Gasteiger partial charge in [0.15, 0.2) is 0 Å². The molecule has 1 fully saturated rings. The topological polar surface area (TPSA) is 35.6 Å². The summed E-state index contributed by atoms with van der Waals surface area (Å²) >= 11 is 6.30. The Labute approximate surface area is 207 Å². The van der Waals surface area contributed by atoms with Gasteiger partial charge >= 0.3 is 0 Å². The van der Waals surface area contributed by atoms with Gasteiger partial charge in [0.1, 0.15) is 0 Å². The number of hydrogen-bond acceptors (Lipinski definition) is 3. The van der Waals surface area contributed by atoms with Crippen molar-refractivity contribution in [3.8, 4) is 11.1 Å². The fourth-order valence-corrected chi connectivity index (χ4v) is 5.37. The SMILES string of the molecule is Cc1c(Cl)cccc1N1CCN(CCCCNC(=O)c2ccc3c(c2)Cc2ccccc2-3)CC1. The van der Waals surface area contributed by atoms with Crippen molar-refractivity contribution >= 4 is 23.2 Å². The fraction of sp³-hybridized carbons (Fsp3) is 0.345. The highest BCUT2D eigenvalue weighted by atomic mass is 35.5. The van der Waals surface area contributed by atoms with Crippen LogP contribution in [0.2, 0.25) is 5.02 Å². The van der Waals surface area contributed by atoms with E-state index in [9.17, 15) is 4.79 Å². The second-order valence-electron chi connectivity index (χ2n) is 9.38. The number of nitrogens with zero attached hydrogens (tertiary/aromatic N) is 2. The number of halogens is 1. The molecule has 4 nitrogen and oxygen atoms in total. The lowest BCUT2D eigenvalue weighted by Gasteiger charge is -2.37. The van der Waals surface area contributed by atoms with E-state index in [0.29, 0.717) is 0 Å². The second-order valence-corrected chi connectivity index (χ2v) is 9.79. The van der Waals surface area contributed by atoms with Crippen LogP contribution in [0.1, 0.15) is 39.9 Å². The molecule has 176 valence electrons. The largest absolute Gasteiger partial charge is 0.369 e. The van der Waals surface area contributed by atoms with Gasteiger partial charge in [0.25, 0.3) is 5.91 Å².